The first kappa shape index (κ1) is 21.9. The summed E-state index contributed by atoms with van der Waals surface area (Å²) >= 11 is 0. The third kappa shape index (κ3) is 3.43. The average Bonchev–Trinajstić information content (AvgIpc) is 3.50. The molecule has 4 heterocycles. The molecule has 6 heteroatoms. The van der Waals surface area contributed by atoms with Crippen molar-refractivity contribution in [1.82, 2.24) is 14.0 Å². The van der Waals surface area contributed by atoms with Gasteiger partial charge >= 0.3 is 0 Å². The Morgan fingerprint density at radius 1 is 0.857 bits per heavy atom. The fraction of sp³-hybridized carbons (Fsp3) is 0.310. The van der Waals surface area contributed by atoms with Crippen molar-refractivity contribution in [3.05, 3.63) is 72.6 Å². The van der Waals surface area contributed by atoms with Gasteiger partial charge in [0.25, 0.3) is 11.8 Å². The second-order valence-electron chi connectivity index (χ2n) is 10.0. The molecule has 2 aromatic heterocycles. The van der Waals surface area contributed by atoms with Gasteiger partial charge in [-0.05, 0) is 38.8 Å². The fourth-order valence-electron chi connectivity index (χ4n) is 5.79. The van der Waals surface area contributed by atoms with Gasteiger partial charge < -0.3 is 14.0 Å². The summed E-state index contributed by atoms with van der Waals surface area (Å²) in [5.74, 6) is -0.542. The highest BCUT2D eigenvalue weighted by molar-refractivity contribution is 6.45. The molecule has 6 rings (SSSR count). The monoisotopic (exact) mass is 466 g/mol. The minimum Gasteiger partial charge on any atom is -0.350 e. The minimum absolute atomic E-state index is 0.260. The Morgan fingerprint density at radius 3 is 2.23 bits per heavy atom. The smallest absolute Gasteiger partial charge is 0.266 e. The van der Waals surface area contributed by atoms with E-state index in [4.69, 9.17) is 0 Å². The van der Waals surface area contributed by atoms with Crippen molar-refractivity contribution in [3.63, 3.8) is 0 Å². The Morgan fingerprint density at radius 2 is 1.51 bits per heavy atom. The summed E-state index contributed by atoms with van der Waals surface area (Å²) in [6.07, 6.45) is 7.57. The zero-order chi connectivity index (χ0) is 24.3. The second-order valence-corrected chi connectivity index (χ2v) is 10.0. The van der Waals surface area contributed by atoms with Crippen LogP contribution in [0.25, 0.3) is 27.4 Å². The zero-order valence-corrected chi connectivity index (χ0v) is 20.4. The lowest BCUT2D eigenvalue weighted by molar-refractivity contribution is -0.119. The molecule has 2 aliphatic heterocycles. The molecule has 0 aliphatic carbocycles. The molecule has 1 saturated heterocycles. The number of carbonyl (C=O) groups excluding carboxylic acids is 2. The molecule has 35 heavy (non-hydrogen) atoms. The summed E-state index contributed by atoms with van der Waals surface area (Å²) in [5, 5.41) is 1.91. The minimum atomic E-state index is -0.282. The number of amides is 2. The molecule has 6 nitrogen and oxygen atoms in total. The van der Waals surface area contributed by atoms with E-state index in [-0.39, 0.29) is 11.8 Å². The van der Waals surface area contributed by atoms with Crippen molar-refractivity contribution in [1.29, 1.82) is 0 Å². The van der Waals surface area contributed by atoms with Crippen molar-refractivity contribution in [3.8, 4) is 0 Å². The largest absolute Gasteiger partial charge is 0.350 e. The van der Waals surface area contributed by atoms with E-state index in [1.807, 2.05) is 66.5 Å². The van der Waals surface area contributed by atoms with E-state index in [0.29, 0.717) is 23.3 Å². The molecule has 0 atom stereocenters. The zero-order valence-electron chi connectivity index (χ0n) is 20.4. The van der Waals surface area contributed by atoms with E-state index >= 15 is 0 Å². The predicted octanol–water partition coefficient (Wildman–Crippen LogP) is 5.14. The number of likely N-dealkylation sites (tertiary alicyclic amines) is 1. The molecule has 0 unspecified atom stereocenters. The van der Waals surface area contributed by atoms with Crippen molar-refractivity contribution in [2.45, 2.75) is 38.8 Å². The molecule has 178 valence electrons. The van der Waals surface area contributed by atoms with E-state index in [1.165, 1.54) is 11.0 Å². The first-order chi connectivity index (χ1) is 16.9. The molecule has 2 aliphatic rings. The van der Waals surface area contributed by atoms with Gasteiger partial charge in [0.15, 0.2) is 0 Å². The molecule has 1 fully saturated rings. The molecule has 0 saturated carbocycles. The summed E-state index contributed by atoms with van der Waals surface area (Å²) in [6, 6.07) is 17.0. The molecular formula is C29H30N4O2. The number of benzene rings is 2. The molecular weight excluding hydrogens is 436 g/mol. The van der Waals surface area contributed by atoms with Crippen LogP contribution in [0.4, 0.5) is 5.69 Å². The fourth-order valence-corrected chi connectivity index (χ4v) is 5.79. The van der Waals surface area contributed by atoms with Crippen LogP contribution in [0.3, 0.4) is 0 Å². The third-order valence-electron chi connectivity index (χ3n) is 7.69. The van der Waals surface area contributed by atoms with E-state index < -0.39 is 0 Å². The molecule has 2 aromatic carbocycles. The Balaban J connectivity index is 1.38. The van der Waals surface area contributed by atoms with Crippen LogP contribution in [-0.2, 0) is 16.6 Å². The van der Waals surface area contributed by atoms with Crippen molar-refractivity contribution in [2.75, 3.05) is 18.0 Å². The van der Waals surface area contributed by atoms with Gasteiger partial charge in [-0.25, -0.2) is 4.90 Å². The van der Waals surface area contributed by atoms with Gasteiger partial charge in [-0.1, -0.05) is 36.4 Å². The van der Waals surface area contributed by atoms with Crippen LogP contribution in [0.5, 0.6) is 0 Å². The lowest BCUT2D eigenvalue weighted by atomic mass is 10.0. The van der Waals surface area contributed by atoms with Gasteiger partial charge in [-0.15, -0.1) is 0 Å². The van der Waals surface area contributed by atoms with E-state index in [9.17, 15) is 9.59 Å². The third-order valence-corrected chi connectivity index (χ3v) is 7.69. The normalized spacial score (nSPS) is 17.9. The number of carbonyl (C=O) groups is 2. The SMILES string of the molecule is CC(C)N1CCC(n2cc(N3C(=O)C=C(c4cn(C)c5ccccc45)C3=O)c3ccccc32)CC1. The number of hydrogen-bond acceptors (Lipinski definition) is 3. The Kier molecular flexibility index (Phi) is 5.15. The lowest BCUT2D eigenvalue weighted by Crippen LogP contribution is -2.39. The summed E-state index contributed by atoms with van der Waals surface area (Å²) in [5.41, 5.74) is 4.03. The lowest BCUT2D eigenvalue weighted by Gasteiger charge is -2.35. The number of anilines is 1. The van der Waals surface area contributed by atoms with Gasteiger partial charge in [0.2, 0.25) is 0 Å². The number of nitrogens with zero attached hydrogens (tertiary/aromatic N) is 4. The van der Waals surface area contributed by atoms with Crippen LogP contribution in [0, 0.1) is 0 Å². The Hall–Kier alpha value is -3.64. The number of aromatic nitrogens is 2. The van der Waals surface area contributed by atoms with Crippen LogP contribution in [0.2, 0.25) is 0 Å². The topological polar surface area (TPSA) is 50.5 Å². The summed E-state index contributed by atoms with van der Waals surface area (Å²) in [7, 11) is 1.96. The summed E-state index contributed by atoms with van der Waals surface area (Å²) in [4.78, 5) is 30.9. The number of piperidine rings is 1. The van der Waals surface area contributed by atoms with Crippen molar-refractivity contribution in [2.24, 2.45) is 7.05 Å². The molecule has 0 spiro atoms. The van der Waals surface area contributed by atoms with E-state index in [2.05, 4.69) is 29.4 Å². The van der Waals surface area contributed by atoms with Crippen LogP contribution in [-0.4, -0.2) is 45.0 Å². The first-order valence-electron chi connectivity index (χ1n) is 12.4. The highest BCUT2D eigenvalue weighted by Crippen LogP contribution is 2.39. The number of para-hydroxylation sites is 2. The second kappa shape index (κ2) is 8.24. The predicted molar refractivity (Wildman–Crippen MR) is 140 cm³/mol. The first-order valence-corrected chi connectivity index (χ1v) is 12.4. The van der Waals surface area contributed by atoms with Crippen LogP contribution in [0.1, 0.15) is 38.3 Å². The maximum atomic E-state index is 13.7. The highest BCUT2D eigenvalue weighted by atomic mass is 16.2. The van der Waals surface area contributed by atoms with Gasteiger partial charge in [0, 0.05) is 72.5 Å². The number of hydrogen-bond donors (Lipinski definition) is 0. The maximum Gasteiger partial charge on any atom is 0.266 e. The number of rotatable bonds is 4. The Bertz CT molecular complexity index is 1500. The van der Waals surface area contributed by atoms with Crippen LogP contribution < -0.4 is 4.90 Å². The molecule has 4 aromatic rings. The average molecular weight is 467 g/mol. The number of fused-ring (bicyclic) bond motifs is 2. The van der Waals surface area contributed by atoms with Crippen molar-refractivity contribution < 1.29 is 9.59 Å². The van der Waals surface area contributed by atoms with Gasteiger partial charge in [0.05, 0.1) is 16.8 Å². The van der Waals surface area contributed by atoms with Gasteiger partial charge in [0.1, 0.15) is 0 Å². The van der Waals surface area contributed by atoms with Gasteiger partial charge in [-0.2, -0.15) is 0 Å². The molecule has 0 radical (unpaired) electrons. The van der Waals surface area contributed by atoms with E-state index in [0.717, 1.165) is 53.3 Å². The summed E-state index contributed by atoms with van der Waals surface area (Å²) < 4.78 is 4.29. The van der Waals surface area contributed by atoms with E-state index in [1.54, 1.807) is 0 Å². The number of imide groups is 1. The summed E-state index contributed by atoms with van der Waals surface area (Å²) in [6.45, 7) is 6.60. The highest BCUT2D eigenvalue weighted by Gasteiger charge is 2.36. The quantitative estimate of drug-likeness (QED) is 0.392. The molecule has 0 bridgehead atoms. The molecule has 0 N–H and O–H groups in total. The number of aryl methyl sites for hydroxylation is 1. The van der Waals surface area contributed by atoms with Crippen LogP contribution in [0.15, 0.2) is 67.0 Å². The van der Waals surface area contributed by atoms with Crippen molar-refractivity contribution >= 4 is 44.9 Å². The maximum absolute atomic E-state index is 13.7. The van der Waals surface area contributed by atoms with Crippen LogP contribution >= 0.6 is 0 Å². The van der Waals surface area contributed by atoms with Gasteiger partial charge in [-0.3, -0.25) is 9.59 Å². The molecule has 2 amide bonds. The Labute approximate surface area is 205 Å². The standard InChI is InChI=1S/C29H30N4O2/c1-19(2)31-14-12-20(13-15-31)32-18-27(22-9-5-7-11-26(22)32)33-28(34)16-23(29(33)35)24-17-30(3)25-10-6-4-8-21(24)25/h4-11,16-20H,12-15H2,1-3H3.